The quantitative estimate of drug-likeness (QED) is 0.557. The van der Waals surface area contributed by atoms with Gasteiger partial charge in [-0.15, -0.1) is 0 Å². The Kier molecular flexibility index (Phi) is 4.92. The lowest BCUT2D eigenvalue weighted by atomic mass is 9.68. The van der Waals surface area contributed by atoms with Crippen LogP contribution in [0.4, 0.5) is 0 Å². The molecule has 1 aromatic carbocycles. The van der Waals surface area contributed by atoms with Gasteiger partial charge in [0, 0.05) is 31.5 Å². The lowest BCUT2D eigenvalue weighted by Crippen LogP contribution is -2.54. The summed E-state index contributed by atoms with van der Waals surface area (Å²) in [6.45, 7) is 9.94. The van der Waals surface area contributed by atoms with Crippen LogP contribution in [0.3, 0.4) is 0 Å². The number of benzene rings is 1. The van der Waals surface area contributed by atoms with E-state index in [1.807, 2.05) is 0 Å². The van der Waals surface area contributed by atoms with Crippen molar-refractivity contribution in [3.8, 4) is 0 Å². The fourth-order valence-electron chi connectivity index (χ4n) is 5.45. The van der Waals surface area contributed by atoms with E-state index in [1.54, 1.807) is 6.92 Å². The summed E-state index contributed by atoms with van der Waals surface area (Å²) in [7, 11) is 0. The molecule has 1 amide bonds. The molecule has 2 aliphatic heterocycles. The first kappa shape index (κ1) is 17.8. The Balaban J connectivity index is 1.51. The van der Waals surface area contributed by atoms with Gasteiger partial charge in [0.05, 0.1) is 0 Å². The molecule has 4 rings (SSSR count). The van der Waals surface area contributed by atoms with Crippen molar-refractivity contribution in [1.82, 2.24) is 9.80 Å². The van der Waals surface area contributed by atoms with Crippen LogP contribution in [0.5, 0.6) is 0 Å². The maximum Gasteiger partial charge on any atom is 0.219 e. The first-order valence-corrected chi connectivity index (χ1v) is 10.3. The van der Waals surface area contributed by atoms with Gasteiger partial charge < -0.3 is 9.80 Å². The Hall–Kier alpha value is -1.61. The molecule has 1 spiro atoms. The molecule has 0 aromatic heterocycles. The lowest BCUT2D eigenvalue weighted by molar-refractivity contribution is -0.131. The normalized spacial score (nSPS) is 26.4. The monoisotopic (exact) mass is 352 g/mol. The van der Waals surface area contributed by atoms with Crippen LogP contribution >= 0.6 is 0 Å². The summed E-state index contributed by atoms with van der Waals surface area (Å²) in [5.74, 6) is 0.212. The van der Waals surface area contributed by atoms with E-state index in [0.29, 0.717) is 0 Å². The minimum absolute atomic E-state index is 0.158. The Morgan fingerprint density at radius 2 is 1.92 bits per heavy atom. The predicted octanol–water partition coefficient (Wildman–Crippen LogP) is 4.27. The van der Waals surface area contributed by atoms with Crippen LogP contribution in [0.1, 0.15) is 63.0 Å². The molecule has 3 aliphatic rings. The van der Waals surface area contributed by atoms with E-state index < -0.39 is 0 Å². The number of hydrogen-bond acceptors (Lipinski definition) is 2. The van der Waals surface area contributed by atoms with E-state index in [2.05, 4.69) is 40.6 Å². The van der Waals surface area contributed by atoms with Crippen molar-refractivity contribution >= 4 is 5.91 Å². The van der Waals surface area contributed by atoms with Crippen molar-refractivity contribution < 1.29 is 4.79 Å². The number of nitrogens with zero attached hydrogens (tertiary/aromatic N) is 2. The van der Waals surface area contributed by atoms with Crippen LogP contribution in [0.25, 0.3) is 0 Å². The summed E-state index contributed by atoms with van der Waals surface area (Å²) in [5, 5.41) is 0. The summed E-state index contributed by atoms with van der Waals surface area (Å²) in [6, 6.07) is 9.55. The molecule has 1 saturated heterocycles. The summed E-state index contributed by atoms with van der Waals surface area (Å²) >= 11 is 0. The predicted molar refractivity (Wildman–Crippen MR) is 106 cm³/mol. The first-order valence-electron chi connectivity index (χ1n) is 10.3. The smallest absolute Gasteiger partial charge is 0.219 e. The highest BCUT2D eigenvalue weighted by Gasteiger charge is 2.43. The van der Waals surface area contributed by atoms with Crippen molar-refractivity contribution in [2.24, 2.45) is 0 Å². The Morgan fingerprint density at radius 1 is 1.15 bits per heavy atom. The van der Waals surface area contributed by atoms with Gasteiger partial charge in [-0.2, -0.15) is 0 Å². The zero-order valence-corrected chi connectivity index (χ0v) is 16.2. The Labute approximate surface area is 158 Å². The van der Waals surface area contributed by atoms with Crippen molar-refractivity contribution in [3.05, 3.63) is 47.5 Å². The lowest BCUT2D eigenvalue weighted by Gasteiger charge is -2.50. The minimum atomic E-state index is 0.158. The summed E-state index contributed by atoms with van der Waals surface area (Å²) in [4.78, 5) is 16.9. The topological polar surface area (TPSA) is 23.6 Å². The number of fused-ring (bicyclic) bond motifs is 2. The average Bonchev–Trinajstić information content (AvgIpc) is 2.87. The van der Waals surface area contributed by atoms with Gasteiger partial charge in [0.15, 0.2) is 0 Å². The molecule has 2 fully saturated rings. The van der Waals surface area contributed by atoms with Crippen molar-refractivity contribution in [3.63, 3.8) is 0 Å². The maximum absolute atomic E-state index is 12.1. The summed E-state index contributed by atoms with van der Waals surface area (Å²) in [6.07, 6.45) is 8.66. The van der Waals surface area contributed by atoms with Crippen molar-refractivity contribution in [2.75, 3.05) is 19.6 Å². The molecule has 140 valence electrons. The Bertz CT molecular complexity index is 687. The van der Waals surface area contributed by atoms with Gasteiger partial charge in [-0.05, 0) is 69.2 Å². The van der Waals surface area contributed by atoms with Gasteiger partial charge in [0.25, 0.3) is 0 Å². The third-order valence-corrected chi connectivity index (χ3v) is 7.06. The molecular weight excluding hydrogens is 320 g/mol. The number of rotatable bonds is 1. The summed E-state index contributed by atoms with van der Waals surface area (Å²) < 4.78 is 0. The van der Waals surface area contributed by atoms with Crippen LogP contribution in [-0.2, 0) is 16.8 Å². The SMILES string of the molecule is C=C1CCCC(N2CCC3(CC2)CN(C(C)=O)Cc2ccccc23)CC1. The van der Waals surface area contributed by atoms with E-state index in [0.717, 1.165) is 32.2 Å². The van der Waals surface area contributed by atoms with Gasteiger partial charge >= 0.3 is 0 Å². The molecule has 26 heavy (non-hydrogen) atoms. The highest BCUT2D eigenvalue weighted by Crippen LogP contribution is 2.42. The largest absolute Gasteiger partial charge is 0.338 e. The fraction of sp³-hybridized carbons (Fsp3) is 0.609. The molecule has 0 radical (unpaired) electrons. The molecule has 0 N–H and O–H groups in total. The average molecular weight is 353 g/mol. The second kappa shape index (κ2) is 7.19. The summed E-state index contributed by atoms with van der Waals surface area (Å²) in [5.41, 5.74) is 4.46. The number of carbonyl (C=O) groups is 1. The number of amides is 1. The van der Waals surface area contributed by atoms with E-state index in [-0.39, 0.29) is 11.3 Å². The van der Waals surface area contributed by atoms with Crippen molar-refractivity contribution in [2.45, 2.75) is 69.9 Å². The van der Waals surface area contributed by atoms with Crippen LogP contribution in [0.15, 0.2) is 36.4 Å². The van der Waals surface area contributed by atoms with E-state index in [4.69, 9.17) is 0 Å². The molecule has 1 atom stereocenters. The number of piperidine rings is 1. The standard InChI is InChI=1S/C23H32N2O/c1-18-6-5-8-21(11-10-18)24-14-12-23(13-15-24)17-25(19(2)26)16-20-7-3-4-9-22(20)23/h3-4,7,9,21H,1,5-6,8,10-17H2,2H3. The van der Waals surface area contributed by atoms with E-state index >= 15 is 0 Å². The number of allylic oxidation sites excluding steroid dienone is 1. The van der Waals surface area contributed by atoms with Crippen LogP contribution in [0.2, 0.25) is 0 Å². The minimum Gasteiger partial charge on any atom is -0.338 e. The highest BCUT2D eigenvalue weighted by molar-refractivity contribution is 5.74. The zero-order chi connectivity index (χ0) is 18.1. The molecule has 1 aliphatic carbocycles. The second-order valence-corrected chi connectivity index (χ2v) is 8.68. The Morgan fingerprint density at radius 3 is 2.69 bits per heavy atom. The van der Waals surface area contributed by atoms with Crippen LogP contribution in [0, 0.1) is 0 Å². The number of hydrogen-bond donors (Lipinski definition) is 0. The number of carbonyl (C=O) groups excluding carboxylic acids is 1. The van der Waals surface area contributed by atoms with E-state index in [9.17, 15) is 4.79 Å². The van der Waals surface area contributed by atoms with Crippen LogP contribution in [-0.4, -0.2) is 41.4 Å². The third kappa shape index (κ3) is 3.34. The molecule has 3 nitrogen and oxygen atoms in total. The highest BCUT2D eigenvalue weighted by atomic mass is 16.2. The molecule has 0 bridgehead atoms. The zero-order valence-electron chi connectivity index (χ0n) is 16.2. The fourth-order valence-corrected chi connectivity index (χ4v) is 5.45. The molecular formula is C23H32N2O. The number of likely N-dealkylation sites (tertiary alicyclic amines) is 1. The van der Waals surface area contributed by atoms with Gasteiger partial charge in [0.2, 0.25) is 5.91 Å². The molecule has 1 unspecified atom stereocenters. The molecule has 2 heterocycles. The second-order valence-electron chi connectivity index (χ2n) is 8.68. The molecule has 1 saturated carbocycles. The molecule has 3 heteroatoms. The maximum atomic E-state index is 12.1. The third-order valence-electron chi connectivity index (χ3n) is 7.06. The van der Waals surface area contributed by atoms with Gasteiger partial charge in [-0.3, -0.25) is 4.79 Å². The first-order chi connectivity index (χ1) is 12.6. The van der Waals surface area contributed by atoms with Gasteiger partial charge in [-0.1, -0.05) is 36.4 Å². The van der Waals surface area contributed by atoms with Crippen molar-refractivity contribution in [1.29, 1.82) is 0 Å². The van der Waals surface area contributed by atoms with Gasteiger partial charge in [-0.25, -0.2) is 0 Å². The van der Waals surface area contributed by atoms with Crippen LogP contribution < -0.4 is 0 Å². The van der Waals surface area contributed by atoms with Gasteiger partial charge in [0.1, 0.15) is 0 Å². The van der Waals surface area contributed by atoms with E-state index in [1.165, 1.54) is 61.6 Å². The molecule has 1 aromatic rings.